The highest BCUT2D eigenvalue weighted by Crippen LogP contribution is 2.32. The SMILES string of the molecule is NC1C(=O)Nc2cc(OC3COC3)ccc21. The molecule has 1 atom stereocenters. The maximum Gasteiger partial charge on any atom is 0.245 e. The van der Waals surface area contributed by atoms with Crippen molar-refractivity contribution in [3.05, 3.63) is 23.8 Å². The van der Waals surface area contributed by atoms with Crippen molar-refractivity contribution in [1.29, 1.82) is 0 Å². The summed E-state index contributed by atoms with van der Waals surface area (Å²) in [5, 5.41) is 2.72. The van der Waals surface area contributed by atoms with E-state index in [0.29, 0.717) is 13.2 Å². The number of carbonyl (C=O) groups excluding carboxylic acids is 1. The van der Waals surface area contributed by atoms with Crippen LogP contribution in [0.1, 0.15) is 11.6 Å². The Morgan fingerprint density at radius 3 is 2.94 bits per heavy atom. The number of ether oxygens (including phenoxy) is 2. The first-order valence-electron chi connectivity index (χ1n) is 5.19. The van der Waals surface area contributed by atoms with E-state index in [4.69, 9.17) is 15.2 Å². The van der Waals surface area contributed by atoms with E-state index < -0.39 is 6.04 Å². The molecule has 0 spiro atoms. The summed E-state index contributed by atoms with van der Waals surface area (Å²) in [5.41, 5.74) is 7.27. The van der Waals surface area contributed by atoms with Crippen LogP contribution < -0.4 is 15.8 Å². The van der Waals surface area contributed by atoms with Gasteiger partial charge < -0.3 is 20.5 Å². The Kier molecular flexibility index (Phi) is 2.08. The summed E-state index contributed by atoms with van der Waals surface area (Å²) in [6, 6.07) is 4.90. The molecule has 0 aliphatic carbocycles. The van der Waals surface area contributed by atoms with Crippen LogP contribution in [0.2, 0.25) is 0 Å². The average molecular weight is 220 g/mol. The highest BCUT2D eigenvalue weighted by molar-refractivity contribution is 6.02. The minimum absolute atomic E-state index is 0.129. The third-order valence-corrected chi connectivity index (χ3v) is 2.81. The van der Waals surface area contributed by atoms with Gasteiger partial charge in [0.25, 0.3) is 0 Å². The van der Waals surface area contributed by atoms with Crippen molar-refractivity contribution in [2.75, 3.05) is 18.5 Å². The molecule has 84 valence electrons. The molecule has 2 aliphatic heterocycles. The molecule has 2 aliphatic rings. The summed E-state index contributed by atoms with van der Waals surface area (Å²) in [6.45, 7) is 1.26. The van der Waals surface area contributed by atoms with Crippen molar-refractivity contribution < 1.29 is 14.3 Å². The fraction of sp³-hybridized carbons (Fsp3) is 0.364. The van der Waals surface area contributed by atoms with Crippen LogP contribution in [-0.4, -0.2) is 25.2 Å². The molecule has 1 unspecified atom stereocenters. The first-order chi connectivity index (χ1) is 7.74. The van der Waals surface area contributed by atoms with Crippen LogP contribution in [0.5, 0.6) is 5.75 Å². The molecular formula is C11H12N2O3. The number of hydrogen-bond donors (Lipinski definition) is 2. The third kappa shape index (κ3) is 1.45. The third-order valence-electron chi connectivity index (χ3n) is 2.81. The summed E-state index contributed by atoms with van der Waals surface area (Å²) in [5.74, 6) is 0.570. The van der Waals surface area contributed by atoms with Gasteiger partial charge in [-0.1, -0.05) is 6.07 Å². The number of amides is 1. The normalized spacial score (nSPS) is 23.6. The molecule has 5 nitrogen and oxygen atoms in total. The van der Waals surface area contributed by atoms with Crippen LogP contribution in [0.4, 0.5) is 5.69 Å². The van der Waals surface area contributed by atoms with Crippen LogP contribution in [0.15, 0.2) is 18.2 Å². The molecule has 0 radical (unpaired) electrons. The zero-order valence-corrected chi connectivity index (χ0v) is 8.60. The summed E-state index contributed by atoms with van der Waals surface area (Å²) in [6.07, 6.45) is 0.129. The summed E-state index contributed by atoms with van der Waals surface area (Å²) >= 11 is 0. The lowest BCUT2D eigenvalue weighted by Gasteiger charge is -2.26. The van der Waals surface area contributed by atoms with E-state index in [9.17, 15) is 4.79 Å². The van der Waals surface area contributed by atoms with E-state index in [1.54, 1.807) is 6.07 Å². The molecule has 0 aromatic heterocycles. The number of fused-ring (bicyclic) bond motifs is 1. The van der Waals surface area contributed by atoms with E-state index in [2.05, 4.69) is 5.32 Å². The quantitative estimate of drug-likeness (QED) is 0.757. The number of anilines is 1. The lowest BCUT2D eigenvalue weighted by atomic mass is 10.1. The minimum atomic E-state index is -0.559. The van der Waals surface area contributed by atoms with Gasteiger partial charge in [0.2, 0.25) is 5.91 Å². The van der Waals surface area contributed by atoms with Crippen molar-refractivity contribution in [3.8, 4) is 5.75 Å². The predicted octanol–water partition coefficient (Wildman–Crippen LogP) is 0.416. The van der Waals surface area contributed by atoms with Crippen molar-refractivity contribution in [1.82, 2.24) is 0 Å². The van der Waals surface area contributed by atoms with Crippen molar-refractivity contribution in [3.63, 3.8) is 0 Å². The molecular weight excluding hydrogens is 208 g/mol. The molecule has 1 aromatic carbocycles. The highest BCUT2D eigenvalue weighted by atomic mass is 16.6. The Labute approximate surface area is 92.5 Å². The molecule has 5 heteroatoms. The second-order valence-electron chi connectivity index (χ2n) is 3.99. The fourth-order valence-electron chi connectivity index (χ4n) is 1.81. The number of nitrogens with one attached hydrogen (secondary N) is 1. The molecule has 16 heavy (non-hydrogen) atoms. The van der Waals surface area contributed by atoms with E-state index in [1.165, 1.54) is 0 Å². The van der Waals surface area contributed by atoms with Crippen molar-refractivity contribution >= 4 is 11.6 Å². The number of benzene rings is 1. The molecule has 3 N–H and O–H groups in total. The molecule has 2 heterocycles. The number of rotatable bonds is 2. The Bertz CT molecular complexity index is 443. The van der Waals surface area contributed by atoms with Crippen LogP contribution in [0, 0.1) is 0 Å². The maximum atomic E-state index is 11.3. The Morgan fingerprint density at radius 2 is 2.25 bits per heavy atom. The van der Waals surface area contributed by atoms with Crippen molar-refractivity contribution in [2.45, 2.75) is 12.1 Å². The number of carbonyl (C=O) groups is 1. The molecule has 1 amide bonds. The van der Waals surface area contributed by atoms with Gasteiger partial charge in [-0.25, -0.2) is 0 Å². The topological polar surface area (TPSA) is 73.6 Å². The highest BCUT2D eigenvalue weighted by Gasteiger charge is 2.28. The molecule has 1 saturated heterocycles. The first kappa shape index (κ1) is 9.62. The van der Waals surface area contributed by atoms with Crippen molar-refractivity contribution in [2.24, 2.45) is 5.73 Å². The minimum Gasteiger partial charge on any atom is -0.486 e. The average Bonchev–Trinajstić information content (AvgIpc) is 2.49. The first-order valence-corrected chi connectivity index (χ1v) is 5.19. The summed E-state index contributed by atoms with van der Waals surface area (Å²) in [7, 11) is 0. The zero-order chi connectivity index (χ0) is 11.1. The molecule has 1 fully saturated rings. The van der Waals surface area contributed by atoms with E-state index in [-0.39, 0.29) is 12.0 Å². The lowest BCUT2D eigenvalue weighted by Crippen LogP contribution is -2.38. The lowest BCUT2D eigenvalue weighted by molar-refractivity contribution is -0.116. The molecule has 0 saturated carbocycles. The monoisotopic (exact) mass is 220 g/mol. The predicted molar refractivity (Wildman–Crippen MR) is 57.2 cm³/mol. The van der Waals surface area contributed by atoms with Gasteiger partial charge in [0.1, 0.15) is 17.9 Å². The van der Waals surface area contributed by atoms with Gasteiger partial charge in [-0.05, 0) is 6.07 Å². The van der Waals surface area contributed by atoms with E-state index in [1.807, 2.05) is 12.1 Å². The smallest absolute Gasteiger partial charge is 0.245 e. The Hall–Kier alpha value is -1.59. The second-order valence-corrected chi connectivity index (χ2v) is 3.99. The Morgan fingerprint density at radius 1 is 1.44 bits per heavy atom. The zero-order valence-electron chi connectivity index (χ0n) is 8.60. The van der Waals surface area contributed by atoms with Gasteiger partial charge in [0.15, 0.2) is 0 Å². The van der Waals surface area contributed by atoms with Gasteiger partial charge in [0, 0.05) is 17.3 Å². The van der Waals surface area contributed by atoms with Crippen LogP contribution >= 0.6 is 0 Å². The van der Waals surface area contributed by atoms with E-state index in [0.717, 1.165) is 17.0 Å². The standard InChI is InChI=1S/C11H12N2O3/c12-10-8-2-1-6(16-7-4-15-5-7)3-9(8)13-11(10)14/h1-3,7,10H,4-5,12H2,(H,13,14). The van der Waals surface area contributed by atoms with Crippen LogP contribution in [-0.2, 0) is 9.53 Å². The fourth-order valence-corrected chi connectivity index (χ4v) is 1.81. The van der Waals surface area contributed by atoms with Gasteiger partial charge in [0.05, 0.1) is 13.2 Å². The van der Waals surface area contributed by atoms with E-state index >= 15 is 0 Å². The van der Waals surface area contributed by atoms with Crippen LogP contribution in [0.25, 0.3) is 0 Å². The number of nitrogens with two attached hydrogens (primary N) is 1. The molecule has 1 aromatic rings. The largest absolute Gasteiger partial charge is 0.486 e. The number of hydrogen-bond acceptors (Lipinski definition) is 4. The van der Waals surface area contributed by atoms with Gasteiger partial charge in [-0.3, -0.25) is 4.79 Å². The van der Waals surface area contributed by atoms with Gasteiger partial charge in [-0.2, -0.15) is 0 Å². The maximum absolute atomic E-state index is 11.3. The van der Waals surface area contributed by atoms with Crippen LogP contribution in [0.3, 0.4) is 0 Å². The molecule has 0 bridgehead atoms. The molecule has 3 rings (SSSR count). The summed E-state index contributed by atoms with van der Waals surface area (Å²) < 4.78 is 10.6. The van der Waals surface area contributed by atoms with Gasteiger partial charge in [-0.15, -0.1) is 0 Å². The van der Waals surface area contributed by atoms with Gasteiger partial charge >= 0.3 is 0 Å². The summed E-state index contributed by atoms with van der Waals surface area (Å²) in [4.78, 5) is 11.3. The second kappa shape index (κ2) is 3.47. The Balaban J connectivity index is 1.83.